The van der Waals surface area contributed by atoms with Crippen molar-refractivity contribution in [3.05, 3.63) is 40.7 Å². The molecule has 2 aromatic rings. The van der Waals surface area contributed by atoms with Crippen LogP contribution in [0.2, 0.25) is 0 Å². The number of likely N-dealkylation sites (tertiary alicyclic amines) is 1. The standard InChI is InChI=1S/C24H29N5O/c1-25-17-10-11-21(22(30)13-17)23-19-6-2-3-7-20(19)24(28-27-23)26-18-5-4-12-29(15-18)14-16-8-9-16/h10-11,13,16,18,30H,2-9,12,14-15H2,(H,26,28)/t18-/m1/s1. The molecule has 2 N–H and O–H groups in total. The summed E-state index contributed by atoms with van der Waals surface area (Å²) in [4.78, 5) is 6.02. The Hall–Kier alpha value is -2.65. The number of hydrogen-bond acceptors (Lipinski definition) is 5. The molecule has 1 saturated heterocycles. The van der Waals surface area contributed by atoms with E-state index in [4.69, 9.17) is 6.57 Å². The molecule has 1 aliphatic heterocycles. The van der Waals surface area contributed by atoms with Crippen molar-refractivity contribution in [2.24, 2.45) is 5.92 Å². The lowest BCUT2D eigenvalue weighted by Gasteiger charge is -2.34. The van der Waals surface area contributed by atoms with Crippen molar-refractivity contribution in [2.45, 2.75) is 57.4 Å². The van der Waals surface area contributed by atoms with Gasteiger partial charge in [0.15, 0.2) is 11.5 Å². The molecule has 0 unspecified atom stereocenters. The Morgan fingerprint density at radius 3 is 2.70 bits per heavy atom. The summed E-state index contributed by atoms with van der Waals surface area (Å²) in [7, 11) is 0. The molecule has 6 heteroatoms. The Balaban J connectivity index is 1.41. The molecule has 2 heterocycles. The topological polar surface area (TPSA) is 65.6 Å². The summed E-state index contributed by atoms with van der Waals surface area (Å²) in [5.41, 5.74) is 4.34. The van der Waals surface area contributed by atoms with E-state index in [2.05, 4.69) is 25.3 Å². The van der Waals surface area contributed by atoms with Gasteiger partial charge in [0.05, 0.1) is 6.57 Å². The van der Waals surface area contributed by atoms with Gasteiger partial charge in [0, 0.05) is 30.3 Å². The minimum absolute atomic E-state index is 0.106. The van der Waals surface area contributed by atoms with Crippen LogP contribution in [0.4, 0.5) is 11.5 Å². The predicted octanol–water partition coefficient (Wildman–Crippen LogP) is 4.57. The molecule has 0 amide bonds. The van der Waals surface area contributed by atoms with Crippen LogP contribution in [0.5, 0.6) is 5.75 Å². The first-order valence-electron chi connectivity index (χ1n) is 11.3. The number of fused-ring (bicyclic) bond motifs is 1. The van der Waals surface area contributed by atoms with Gasteiger partial charge in [-0.3, -0.25) is 0 Å². The molecule has 2 aliphatic carbocycles. The Morgan fingerprint density at radius 2 is 1.93 bits per heavy atom. The normalized spacial score (nSPS) is 21.6. The summed E-state index contributed by atoms with van der Waals surface area (Å²) in [5.74, 6) is 1.97. The maximum absolute atomic E-state index is 10.5. The van der Waals surface area contributed by atoms with Gasteiger partial charge in [0.1, 0.15) is 11.4 Å². The van der Waals surface area contributed by atoms with Crippen molar-refractivity contribution in [3.8, 4) is 17.0 Å². The van der Waals surface area contributed by atoms with Gasteiger partial charge in [-0.1, -0.05) is 12.1 Å². The fourth-order valence-electron chi connectivity index (χ4n) is 4.97. The highest BCUT2D eigenvalue weighted by atomic mass is 16.3. The smallest absolute Gasteiger partial charge is 0.190 e. The van der Waals surface area contributed by atoms with E-state index in [1.165, 1.54) is 56.0 Å². The summed E-state index contributed by atoms with van der Waals surface area (Å²) in [6, 6.07) is 5.48. The monoisotopic (exact) mass is 403 g/mol. The van der Waals surface area contributed by atoms with Crippen molar-refractivity contribution in [1.82, 2.24) is 15.1 Å². The van der Waals surface area contributed by atoms with Gasteiger partial charge in [0.25, 0.3) is 0 Å². The third-order valence-electron chi connectivity index (χ3n) is 6.71. The Kier molecular flexibility index (Phi) is 5.30. The number of phenols is 1. The molecule has 0 bridgehead atoms. The fraction of sp³-hybridized carbons (Fsp3) is 0.542. The molecule has 5 rings (SSSR count). The van der Waals surface area contributed by atoms with Crippen LogP contribution in [-0.2, 0) is 12.8 Å². The fourth-order valence-corrected chi connectivity index (χ4v) is 4.97. The molecule has 1 saturated carbocycles. The van der Waals surface area contributed by atoms with Crippen molar-refractivity contribution in [2.75, 3.05) is 25.0 Å². The zero-order valence-electron chi connectivity index (χ0n) is 17.4. The maximum atomic E-state index is 10.5. The molecular formula is C24H29N5O. The van der Waals surface area contributed by atoms with Crippen LogP contribution in [-0.4, -0.2) is 45.9 Å². The number of nitrogens with one attached hydrogen (secondary N) is 1. The highest BCUT2D eigenvalue weighted by molar-refractivity contribution is 5.75. The molecule has 2 fully saturated rings. The molecule has 0 spiro atoms. The Morgan fingerprint density at radius 1 is 1.10 bits per heavy atom. The summed E-state index contributed by atoms with van der Waals surface area (Å²) in [6.07, 6.45) is 9.46. The zero-order valence-corrected chi connectivity index (χ0v) is 17.4. The van der Waals surface area contributed by atoms with E-state index in [1.807, 2.05) is 0 Å². The van der Waals surface area contributed by atoms with E-state index in [-0.39, 0.29) is 5.75 Å². The van der Waals surface area contributed by atoms with Crippen LogP contribution in [0.3, 0.4) is 0 Å². The number of benzene rings is 1. The molecule has 6 nitrogen and oxygen atoms in total. The Labute approximate surface area is 178 Å². The van der Waals surface area contributed by atoms with Gasteiger partial charge < -0.3 is 15.3 Å². The van der Waals surface area contributed by atoms with Crippen LogP contribution in [0, 0.1) is 12.5 Å². The first-order valence-corrected chi connectivity index (χ1v) is 11.3. The van der Waals surface area contributed by atoms with E-state index in [0.29, 0.717) is 17.3 Å². The molecule has 30 heavy (non-hydrogen) atoms. The summed E-state index contributed by atoms with van der Waals surface area (Å²) >= 11 is 0. The minimum Gasteiger partial charge on any atom is -0.509 e. The summed E-state index contributed by atoms with van der Waals surface area (Å²) < 4.78 is 0. The lowest BCUT2D eigenvalue weighted by molar-refractivity contribution is 0.208. The van der Waals surface area contributed by atoms with Crippen LogP contribution < -0.4 is 5.32 Å². The van der Waals surface area contributed by atoms with Crippen molar-refractivity contribution < 1.29 is 5.11 Å². The summed E-state index contributed by atoms with van der Waals surface area (Å²) in [6.45, 7) is 10.7. The van der Waals surface area contributed by atoms with Crippen molar-refractivity contribution >= 4 is 11.5 Å². The molecular weight excluding hydrogens is 374 g/mol. The van der Waals surface area contributed by atoms with Crippen molar-refractivity contribution in [1.29, 1.82) is 0 Å². The SMILES string of the molecule is [C-]#[N+]c1ccc(-c2nnc(N[C@@H]3CCCN(CC4CC4)C3)c3c2CCCC3)c(O)c1. The molecule has 1 aromatic heterocycles. The van der Waals surface area contributed by atoms with Gasteiger partial charge in [-0.2, -0.15) is 0 Å². The highest BCUT2D eigenvalue weighted by Gasteiger charge is 2.29. The quantitative estimate of drug-likeness (QED) is 0.716. The van der Waals surface area contributed by atoms with Gasteiger partial charge in [0.2, 0.25) is 0 Å². The van der Waals surface area contributed by atoms with E-state index < -0.39 is 0 Å². The highest BCUT2D eigenvalue weighted by Crippen LogP contribution is 2.38. The first-order chi connectivity index (χ1) is 14.7. The summed E-state index contributed by atoms with van der Waals surface area (Å²) in [5, 5.41) is 23.4. The number of phenolic OH excluding ortho intramolecular Hbond substituents is 1. The first kappa shape index (κ1) is 19.3. The average Bonchev–Trinajstić information content (AvgIpc) is 3.58. The third-order valence-corrected chi connectivity index (χ3v) is 6.71. The van der Waals surface area contributed by atoms with Crippen molar-refractivity contribution in [3.63, 3.8) is 0 Å². The second-order valence-corrected chi connectivity index (χ2v) is 9.06. The van der Waals surface area contributed by atoms with Gasteiger partial charge in [-0.05, 0) is 75.5 Å². The lowest BCUT2D eigenvalue weighted by Crippen LogP contribution is -2.43. The van der Waals surface area contributed by atoms with Crippen LogP contribution in [0.25, 0.3) is 16.1 Å². The number of hydrogen-bond donors (Lipinski definition) is 2. The van der Waals surface area contributed by atoms with Crippen LogP contribution in [0.15, 0.2) is 18.2 Å². The van der Waals surface area contributed by atoms with E-state index in [9.17, 15) is 5.11 Å². The van der Waals surface area contributed by atoms with E-state index in [1.54, 1.807) is 12.1 Å². The molecule has 3 aliphatic rings. The van der Waals surface area contributed by atoms with Gasteiger partial charge in [-0.25, -0.2) is 4.85 Å². The van der Waals surface area contributed by atoms with Gasteiger partial charge in [-0.15, -0.1) is 10.2 Å². The molecule has 0 radical (unpaired) electrons. The van der Waals surface area contributed by atoms with Crippen LogP contribution >= 0.6 is 0 Å². The second kappa shape index (κ2) is 8.23. The number of aromatic nitrogens is 2. The average molecular weight is 404 g/mol. The predicted molar refractivity (Wildman–Crippen MR) is 118 cm³/mol. The number of aromatic hydroxyl groups is 1. The third kappa shape index (κ3) is 3.99. The molecule has 1 aromatic carbocycles. The Bertz CT molecular complexity index is 978. The molecule has 156 valence electrons. The number of anilines is 1. The van der Waals surface area contributed by atoms with E-state index >= 15 is 0 Å². The van der Waals surface area contributed by atoms with Crippen LogP contribution in [0.1, 0.15) is 49.7 Å². The van der Waals surface area contributed by atoms with Gasteiger partial charge >= 0.3 is 0 Å². The van der Waals surface area contributed by atoms with E-state index in [0.717, 1.165) is 49.7 Å². The minimum atomic E-state index is 0.106. The number of nitrogens with zero attached hydrogens (tertiary/aromatic N) is 4. The lowest BCUT2D eigenvalue weighted by atomic mass is 9.88. The number of rotatable bonds is 5. The number of piperidine rings is 1. The maximum Gasteiger partial charge on any atom is 0.190 e. The zero-order chi connectivity index (χ0) is 20.5. The largest absolute Gasteiger partial charge is 0.509 e. The second-order valence-electron chi connectivity index (χ2n) is 9.06. The molecule has 1 atom stereocenters.